The molecule has 0 bridgehead atoms. The maximum Gasteiger partial charge on any atom is 0.335 e. The molecule has 1 aliphatic carbocycles. The summed E-state index contributed by atoms with van der Waals surface area (Å²) in [6.07, 6.45) is 3.45. The van der Waals surface area contributed by atoms with E-state index >= 15 is 0 Å². The summed E-state index contributed by atoms with van der Waals surface area (Å²) in [6, 6.07) is 20.2. The summed E-state index contributed by atoms with van der Waals surface area (Å²) in [4.78, 5) is 11.3. The van der Waals surface area contributed by atoms with Gasteiger partial charge in [-0.3, -0.25) is 0 Å². The molecular weight excluding hydrogens is 446 g/mol. The highest BCUT2D eigenvalue weighted by molar-refractivity contribution is 5.88. The molecule has 36 heavy (non-hydrogen) atoms. The van der Waals surface area contributed by atoms with Crippen molar-refractivity contribution in [2.45, 2.75) is 64.7 Å². The SMILES string of the molecule is CCCNCCOc1ccc(-c2ccc(C(=O)O)cc2)cc1-c1ccc2c(c1)C(C)(C)CCC2(C)C. The lowest BCUT2D eigenvalue weighted by Crippen LogP contribution is -2.33. The lowest BCUT2D eigenvalue weighted by molar-refractivity contribution is 0.0697. The van der Waals surface area contributed by atoms with Crippen LogP contribution >= 0.6 is 0 Å². The molecular formula is C32H39NO3. The molecule has 3 aromatic carbocycles. The standard InChI is InChI=1S/C32H39NO3/c1-6-17-33-18-19-36-29-14-12-24(22-7-9-23(10-8-22)30(34)35)20-26(29)25-11-13-27-28(21-25)32(4,5)16-15-31(27,2)3/h7-14,20-21,33H,6,15-19H2,1-5H3,(H,34,35). The highest BCUT2D eigenvalue weighted by Crippen LogP contribution is 2.47. The summed E-state index contributed by atoms with van der Waals surface area (Å²) in [6.45, 7) is 13.9. The van der Waals surface area contributed by atoms with Crippen LogP contribution in [0.4, 0.5) is 0 Å². The summed E-state index contributed by atoms with van der Waals surface area (Å²) in [5.41, 5.74) is 7.67. The number of carbonyl (C=O) groups is 1. The molecule has 3 aromatic rings. The highest BCUT2D eigenvalue weighted by Gasteiger charge is 2.37. The van der Waals surface area contributed by atoms with Gasteiger partial charge < -0.3 is 15.2 Å². The van der Waals surface area contributed by atoms with E-state index in [4.69, 9.17) is 4.74 Å². The zero-order valence-corrected chi connectivity index (χ0v) is 22.3. The van der Waals surface area contributed by atoms with Gasteiger partial charge in [0.1, 0.15) is 12.4 Å². The van der Waals surface area contributed by atoms with Crippen molar-refractivity contribution in [2.75, 3.05) is 19.7 Å². The molecule has 0 unspecified atom stereocenters. The van der Waals surface area contributed by atoms with Crippen molar-refractivity contribution in [3.63, 3.8) is 0 Å². The molecule has 0 aliphatic heterocycles. The maximum atomic E-state index is 11.3. The Morgan fingerprint density at radius 3 is 2.14 bits per heavy atom. The minimum absolute atomic E-state index is 0.121. The smallest absolute Gasteiger partial charge is 0.335 e. The van der Waals surface area contributed by atoms with Crippen molar-refractivity contribution >= 4 is 5.97 Å². The molecule has 0 saturated heterocycles. The second kappa shape index (κ2) is 10.5. The quantitative estimate of drug-likeness (QED) is 0.309. The predicted octanol–water partition coefficient (Wildman–Crippen LogP) is 7.45. The van der Waals surface area contributed by atoms with Crippen LogP contribution in [0.3, 0.4) is 0 Å². The van der Waals surface area contributed by atoms with Crippen LogP contribution in [0, 0.1) is 0 Å². The van der Waals surface area contributed by atoms with Crippen molar-refractivity contribution in [1.82, 2.24) is 5.32 Å². The van der Waals surface area contributed by atoms with Crippen molar-refractivity contribution in [2.24, 2.45) is 0 Å². The Kier molecular flexibility index (Phi) is 7.56. The third-order valence-corrected chi connectivity index (χ3v) is 7.57. The van der Waals surface area contributed by atoms with E-state index in [2.05, 4.69) is 70.3 Å². The van der Waals surface area contributed by atoms with Crippen LogP contribution in [0.25, 0.3) is 22.3 Å². The Balaban J connectivity index is 1.76. The number of rotatable bonds is 9. The summed E-state index contributed by atoms with van der Waals surface area (Å²) in [7, 11) is 0. The van der Waals surface area contributed by atoms with Gasteiger partial charge in [0.2, 0.25) is 0 Å². The number of aromatic carboxylic acids is 1. The molecule has 0 spiro atoms. The molecule has 2 N–H and O–H groups in total. The average molecular weight is 486 g/mol. The average Bonchev–Trinajstić information content (AvgIpc) is 2.87. The number of benzene rings is 3. The fourth-order valence-electron chi connectivity index (χ4n) is 5.16. The Labute approximate surface area is 215 Å². The number of nitrogens with one attached hydrogen (secondary N) is 1. The topological polar surface area (TPSA) is 58.6 Å². The molecule has 1 aliphatic rings. The van der Waals surface area contributed by atoms with Gasteiger partial charge in [-0.15, -0.1) is 0 Å². The molecule has 0 fully saturated rings. The first kappa shape index (κ1) is 26.0. The maximum absolute atomic E-state index is 11.3. The van der Waals surface area contributed by atoms with Crippen molar-refractivity contribution < 1.29 is 14.6 Å². The zero-order valence-electron chi connectivity index (χ0n) is 22.3. The fourth-order valence-corrected chi connectivity index (χ4v) is 5.16. The van der Waals surface area contributed by atoms with E-state index in [1.807, 2.05) is 18.2 Å². The first-order valence-electron chi connectivity index (χ1n) is 13.1. The zero-order chi connectivity index (χ0) is 25.9. The van der Waals surface area contributed by atoms with Gasteiger partial charge in [0.25, 0.3) is 0 Å². The predicted molar refractivity (Wildman–Crippen MR) is 148 cm³/mol. The Morgan fingerprint density at radius 1 is 0.833 bits per heavy atom. The number of fused-ring (bicyclic) bond motifs is 1. The van der Waals surface area contributed by atoms with E-state index in [-0.39, 0.29) is 16.4 Å². The van der Waals surface area contributed by atoms with E-state index in [0.29, 0.717) is 6.61 Å². The Morgan fingerprint density at radius 2 is 1.47 bits per heavy atom. The van der Waals surface area contributed by atoms with Crippen LogP contribution in [0.15, 0.2) is 60.7 Å². The van der Waals surface area contributed by atoms with Gasteiger partial charge in [-0.2, -0.15) is 0 Å². The van der Waals surface area contributed by atoms with Crippen LogP contribution in [0.1, 0.15) is 75.4 Å². The molecule has 0 saturated carbocycles. The lowest BCUT2D eigenvalue weighted by atomic mass is 9.63. The van der Waals surface area contributed by atoms with E-state index in [1.165, 1.54) is 24.0 Å². The molecule has 4 heteroatoms. The molecule has 190 valence electrons. The van der Waals surface area contributed by atoms with Crippen LogP contribution in [0.5, 0.6) is 5.75 Å². The minimum atomic E-state index is -0.915. The number of hydrogen-bond donors (Lipinski definition) is 2. The molecule has 0 atom stereocenters. The van der Waals surface area contributed by atoms with Gasteiger partial charge in [-0.1, -0.05) is 71.0 Å². The van der Waals surface area contributed by atoms with Gasteiger partial charge in [0.15, 0.2) is 0 Å². The van der Waals surface area contributed by atoms with Crippen LogP contribution in [-0.2, 0) is 10.8 Å². The van der Waals surface area contributed by atoms with Gasteiger partial charge in [-0.25, -0.2) is 4.79 Å². The first-order valence-corrected chi connectivity index (χ1v) is 13.1. The van der Waals surface area contributed by atoms with Crippen molar-refractivity contribution in [3.05, 3.63) is 77.4 Å². The largest absolute Gasteiger partial charge is 0.492 e. The number of carboxylic acids is 1. The lowest BCUT2D eigenvalue weighted by Gasteiger charge is -2.42. The summed E-state index contributed by atoms with van der Waals surface area (Å²) in [5, 5.41) is 12.7. The molecule has 4 rings (SSSR count). The summed E-state index contributed by atoms with van der Waals surface area (Å²) >= 11 is 0. The summed E-state index contributed by atoms with van der Waals surface area (Å²) in [5.74, 6) is -0.0469. The molecule has 0 aromatic heterocycles. The Bertz CT molecular complexity index is 1220. The van der Waals surface area contributed by atoms with Gasteiger partial charge >= 0.3 is 5.97 Å². The molecule has 4 nitrogen and oxygen atoms in total. The second-order valence-corrected chi connectivity index (χ2v) is 11.2. The number of hydrogen-bond acceptors (Lipinski definition) is 3. The van der Waals surface area contributed by atoms with Gasteiger partial charge in [-0.05, 0) is 88.7 Å². The number of ether oxygens (including phenoxy) is 1. The van der Waals surface area contributed by atoms with Crippen molar-refractivity contribution in [3.8, 4) is 28.0 Å². The minimum Gasteiger partial charge on any atom is -0.492 e. The van der Waals surface area contributed by atoms with E-state index in [0.717, 1.165) is 47.5 Å². The van der Waals surface area contributed by atoms with Gasteiger partial charge in [0, 0.05) is 12.1 Å². The van der Waals surface area contributed by atoms with Crippen LogP contribution in [-0.4, -0.2) is 30.8 Å². The molecule has 0 amide bonds. The second-order valence-electron chi connectivity index (χ2n) is 11.2. The van der Waals surface area contributed by atoms with Gasteiger partial charge in [0.05, 0.1) is 5.56 Å². The summed E-state index contributed by atoms with van der Waals surface area (Å²) < 4.78 is 6.28. The Hall–Kier alpha value is -3.11. The monoisotopic (exact) mass is 485 g/mol. The fraction of sp³-hybridized carbons (Fsp3) is 0.406. The third-order valence-electron chi connectivity index (χ3n) is 7.57. The van der Waals surface area contributed by atoms with Crippen molar-refractivity contribution in [1.29, 1.82) is 0 Å². The van der Waals surface area contributed by atoms with E-state index < -0.39 is 5.97 Å². The third kappa shape index (κ3) is 5.49. The highest BCUT2D eigenvalue weighted by atomic mass is 16.5. The number of carboxylic acid groups (broad SMARTS) is 1. The van der Waals surface area contributed by atoms with Crippen LogP contribution < -0.4 is 10.1 Å². The molecule has 0 heterocycles. The van der Waals surface area contributed by atoms with E-state index in [9.17, 15) is 9.90 Å². The first-order chi connectivity index (χ1) is 17.1. The normalized spacial score (nSPS) is 15.8. The molecule has 0 radical (unpaired) electrons. The van der Waals surface area contributed by atoms with Crippen LogP contribution in [0.2, 0.25) is 0 Å². The van der Waals surface area contributed by atoms with E-state index in [1.54, 1.807) is 12.1 Å².